The summed E-state index contributed by atoms with van der Waals surface area (Å²) in [4.78, 5) is 17.7. The maximum absolute atomic E-state index is 13.4. The first kappa shape index (κ1) is 20.3. The number of rotatable bonds is 6. The summed E-state index contributed by atoms with van der Waals surface area (Å²) in [7, 11) is 4.77. The Kier molecular flexibility index (Phi) is 5.48. The number of amides is 1. The van der Waals surface area contributed by atoms with Gasteiger partial charge >= 0.3 is 0 Å². The van der Waals surface area contributed by atoms with Crippen molar-refractivity contribution in [3.63, 3.8) is 0 Å². The SMILES string of the molecule is COc1ccc(NC(=O)C2=C(C)Nc3ncnn3C2c2cc(OC)ccc2OC)cc1. The second-order valence-electron chi connectivity index (χ2n) is 6.88. The number of anilines is 2. The fraction of sp³-hybridized carbons (Fsp3) is 0.227. The maximum atomic E-state index is 13.4. The van der Waals surface area contributed by atoms with E-state index < -0.39 is 6.04 Å². The van der Waals surface area contributed by atoms with E-state index in [1.54, 1.807) is 62.4 Å². The summed E-state index contributed by atoms with van der Waals surface area (Å²) in [6.07, 6.45) is 1.44. The monoisotopic (exact) mass is 421 g/mol. The molecule has 9 heteroatoms. The zero-order valence-corrected chi connectivity index (χ0v) is 17.7. The first-order valence-corrected chi connectivity index (χ1v) is 9.60. The molecule has 0 saturated carbocycles. The zero-order chi connectivity index (χ0) is 22.0. The molecule has 31 heavy (non-hydrogen) atoms. The zero-order valence-electron chi connectivity index (χ0n) is 17.7. The standard InChI is InChI=1S/C22H23N5O4/c1-13-19(21(28)26-14-5-7-15(29-2)8-6-14)20(27-22(25-13)23-12-24-27)17-11-16(30-3)9-10-18(17)31-4/h5-12,20H,1-4H3,(H,26,28)(H,23,24,25). The summed E-state index contributed by atoms with van der Waals surface area (Å²) < 4.78 is 17.8. The molecule has 0 fully saturated rings. The lowest BCUT2D eigenvalue weighted by atomic mass is 9.94. The highest BCUT2D eigenvalue weighted by molar-refractivity contribution is 6.06. The van der Waals surface area contributed by atoms with Gasteiger partial charge in [0.15, 0.2) is 0 Å². The van der Waals surface area contributed by atoms with Gasteiger partial charge in [-0.15, -0.1) is 0 Å². The van der Waals surface area contributed by atoms with Crippen LogP contribution in [0.2, 0.25) is 0 Å². The van der Waals surface area contributed by atoms with Gasteiger partial charge in [0.1, 0.15) is 29.6 Å². The lowest BCUT2D eigenvalue weighted by molar-refractivity contribution is -0.113. The first-order valence-electron chi connectivity index (χ1n) is 9.60. The number of allylic oxidation sites excluding steroid dienone is 1. The second-order valence-corrected chi connectivity index (χ2v) is 6.88. The van der Waals surface area contributed by atoms with E-state index in [4.69, 9.17) is 14.2 Å². The van der Waals surface area contributed by atoms with Crippen molar-refractivity contribution in [1.82, 2.24) is 14.8 Å². The highest BCUT2D eigenvalue weighted by atomic mass is 16.5. The number of carbonyl (C=O) groups is 1. The van der Waals surface area contributed by atoms with Crippen molar-refractivity contribution in [1.29, 1.82) is 0 Å². The van der Waals surface area contributed by atoms with Crippen molar-refractivity contribution in [3.8, 4) is 17.2 Å². The van der Waals surface area contributed by atoms with Crippen LogP contribution in [-0.4, -0.2) is 42.0 Å². The summed E-state index contributed by atoms with van der Waals surface area (Å²) in [5.74, 6) is 2.22. The van der Waals surface area contributed by atoms with Crippen LogP contribution in [-0.2, 0) is 4.79 Å². The lowest BCUT2D eigenvalue weighted by Crippen LogP contribution is -2.31. The predicted octanol–water partition coefficient (Wildman–Crippen LogP) is 3.23. The molecule has 1 unspecified atom stereocenters. The fourth-order valence-electron chi connectivity index (χ4n) is 3.60. The minimum absolute atomic E-state index is 0.272. The third-order valence-corrected chi connectivity index (χ3v) is 5.12. The molecule has 160 valence electrons. The van der Waals surface area contributed by atoms with Crippen LogP contribution in [0.15, 0.2) is 60.1 Å². The average molecular weight is 421 g/mol. The van der Waals surface area contributed by atoms with Gasteiger partial charge in [-0.3, -0.25) is 4.79 Å². The van der Waals surface area contributed by atoms with E-state index in [1.165, 1.54) is 6.33 Å². The van der Waals surface area contributed by atoms with Crippen molar-refractivity contribution in [3.05, 3.63) is 65.6 Å². The Bertz CT molecular complexity index is 1140. The van der Waals surface area contributed by atoms with Gasteiger partial charge in [-0.05, 0) is 49.4 Å². The maximum Gasteiger partial charge on any atom is 0.255 e. The number of nitrogens with zero attached hydrogens (tertiary/aromatic N) is 3. The summed E-state index contributed by atoms with van der Waals surface area (Å²) in [5, 5.41) is 10.5. The van der Waals surface area contributed by atoms with Crippen LogP contribution in [0, 0.1) is 0 Å². The van der Waals surface area contributed by atoms with Gasteiger partial charge in [0.05, 0.1) is 26.9 Å². The minimum atomic E-state index is -0.568. The Hall–Kier alpha value is -4.01. The molecule has 1 aliphatic rings. The Morgan fingerprint density at radius 2 is 1.74 bits per heavy atom. The number of hydrogen-bond acceptors (Lipinski definition) is 7. The molecule has 0 bridgehead atoms. The van der Waals surface area contributed by atoms with Crippen molar-refractivity contribution in [2.45, 2.75) is 13.0 Å². The Morgan fingerprint density at radius 3 is 2.42 bits per heavy atom. The van der Waals surface area contributed by atoms with E-state index in [0.29, 0.717) is 40.2 Å². The molecule has 2 heterocycles. The molecule has 9 nitrogen and oxygen atoms in total. The second kappa shape index (κ2) is 8.39. The normalized spacial score (nSPS) is 15.0. The number of ether oxygens (including phenoxy) is 3. The molecule has 0 spiro atoms. The number of fused-ring (bicyclic) bond motifs is 1. The van der Waals surface area contributed by atoms with E-state index in [0.717, 1.165) is 5.56 Å². The summed E-state index contributed by atoms with van der Waals surface area (Å²) in [5.41, 5.74) is 2.53. The highest BCUT2D eigenvalue weighted by Crippen LogP contribution is 2.40. The fourth-order valence-corrected chi connectivity index (χ4v) is 3.60. The number of carbonyl (C=O) groups excluding carboxylic acids is 1. The predicted molar refractivity (Wildman–Crippen MR) is 116 cm³/mol. The van der Waals surface area contributed by atoms with Crippen LogP contribution < -0.4 is 24.8 Å². The Labute approximate surface area is 179 Å². The van der Waals surface area contributed by atoms with Crippen LogP contribution in [0.25, 0.3) is 0 Å². The molecule has 0 aliphatic carbocycles. The molecule has 1 amide bonds. The van der Waals surface area contributed by atoms with Gasteiger partial charge in [-0.2, -0.15) is 10.1 Å². The number of benzene rings is 2. The minimum Gasteiger partial charge on any atom is -0.497 e. The van der Waals surface area contributed by atoms with Gasteiger partial charge < -0.3 is 24.8 Å². The molecule has 0 saturated heterocycles. The molecule has 1 aromatic heterocycles. The van der Waals surface area contributed by atoms with E-state index in [2.05, 4.69) is 20.7 Å². The van der Waals surface area contributed by atoms with Crippen molar-refractivity contribution < 1.29 is 19.0 Å². The van der Waals surface area contributed by atoms with Crippen LogP contribution in [0.5, 0.6) is 17.2 Å². The molecule has 3 aromatic rings. The van der Waals surface area contributed by atoms with Crippen molar-refractivity contribution in [2.75, 3.05) is 32.0 Å². The number of nitrogens with one attached hydrogen (secondary N) is 2. The third-order valence-electron chi connectivity index (χ3n) is 5.12. The van der Waals surface area contributed by atoms with Crippen molar-refractivity contribution in [2.24, 2.45) is 0 Å². The van der Waals surface area contributed by atoms with E-state index >= 15 is 0 Å². The topological polar surface area (TPSA) is 99.5 Å². The van der Waals surface area contributed by atoms with Crippen LogP contribution in [0.4, 0.5) is 11.6 Å². The molecular formula is C22H23N5O4. The smallest absolute Gasteiger partial charge is 0.255 e. The molecule has 2 aromatic carbocycles. The highest BCUT2D eigenvalue weighted by Gasteiger charge is 2.35. The van der Waals surface area contributed by atoms with Crippen LogP contribution >= 0.6 is 0 Å². The quantitative estimate of drug-likeness (QED) is 0.630. The average Bonchev–Trinajstić information content (AvgIpc) is 3.26. The molecular weight excluding hydrogens is 398 g/mol. The molecule has 1 aliphatic heterocycles. The van der Waals surface area contributed by atoms with Gasteiger partial charge in [0.25, 0.3) is 5.91 Å². The molecule has 0 radical (unpaired) electrons. The third kappa shape index (κ3) is 3.77. The number of hydrogen-bond donors (Lipinski definition) is 2. The van der Waals surface area contributed by atoms with Crippen LogP contribution in [0.1, 0.15) is 18.5 Å². The van der Waals surface area contributed by atoms with Gasteiger partial charge in [0.2, 0.25) is 5.95 Å². The number of methoxy groups -OCH3 is 3. The Balaban J connectivity index is 1.78. The summed E-state index contributed by atoms with van der Waals surface area (Å²) >= 11 is 0. The van der Waals surface area contributed by atoms with E-state index in [9.17, 15) is 4.79 Å². The van der Waals surface area contributed by atoms with Crippen molar-refractivity contribution >= 4 is 17.5 Å². The Morgan fingerprint density at radius 1 is 1.03 bits per heavy atom. The van der Waals surface area contributed by atoms with Gasteiger partial charge in [-0.1, -0.05) is 0 Å². The number of aromatic nitrogens is 3. The summed E-state index contributed by atoms with van der Waals surface area (Å²) in [6, 6.07) is 12.0. The molecule has 4 rings (SSSR count). The molecule has 2 N–H and O–H groups in total. The van der Waals surface area contributed by atoms with E-state index in [-0.39, 0.29) is 5.91 Å². The first-order chi connectivity index (χ1) is 15.0. The lowest BCUT2D eigenvalue weighted by Gasteiger charge is -2.29. The van der Waals surface area contributed by atoms with Crippen LogP contribution in [0.3, 0.4) is 0 Å². The molecule has 1 atom stereocenters. The van der Waals surface area contributed by atoms with Gasteiger partial charge in [-0.25, -0.2) is 4.68 Å². The van der Waals surface area contributed by atoms with E-state index in [1.807, 2.05) is 13.0 Å². The van der Waals surface area contributed by atoms with Gasteiger partial charge in [0, 0.05) is 16.9 Å². The largest absolute Gasteiger partial charge is 0.497 e. The summed E-state index contributed by atoms with van der Waals surface area (Å²) in [6.45, 7) is 1.83.